The number of benzene rings is 3. The van der Waals surface area contributed by atoms with Gasteiger partial charge < -0.3 is 5.32 Å². The summed E-state index contributed by atoms with van der Waals surface area (Å²) in [5, 5.41) is 9.00. The smallest absolute Gasteiger partial charge is 0.332 e. The van der Waals surface area contributed by atoms with E-state index in [1.807, 2.05) is 36.4 Å². The molecule has 0 radical (unpaired) electrons. The van der Waals surface area contributed by atoms with Crippen LogP contribution in [0.4, 0.5) is 16.2 Å². The molecule has 0 fully saturated rings. The number of rotatable bonds is 5. The number of nitrogens with one attached hydrogen (secondary N) is 2. The van der Waals surface area contributed by atoms with Crippen molar-refractivity contribution in [3.63, 3.8) is 0 Å². The summed E-state index contributed by atoms with van der Waals surface area (Å²) < 4.78 is 1.78. The molecule has 5 aromatic rings. The van der Waals surface area contributed by atoms with E-state index in [0.29, 0.717) is 15.7 Å². The van der Waals surface area contributed by atoms with Crippen molar-refractivity contribution in [3.05, 3.63) is 104 Å². The van der Waals surface area contributed by atoms with E-state index in [1.165, 1.54) is 5.01 Å². The summed E-state index contributed by atoms with van der Waals surface area (Å²) in [6, 6.07) is 16.2. The van der Waals surface area contributed by atoms with Crippen molar-refractivity contribution < 1.29 is 4.79 Å². The Bertz CT molecular complexity index is 1620. The second-order valence-electron chi connectivity index (χ2n) is 7.85. The zero-order valence-corrected chi connectivity index (χ0v) is 23.2. The Morgan fingerprint density at radius 2 is 1.50 bits per heavy atom. The Balaban J connectivity index is 1.56. The summed E-state index contributed by atoms with van der Waals surface area (Å²) in [5.41, 5.74) is 5.46. The Morgan fingerprint density at radius 1 is 0.833 bits per heavy atom. The normalized spacial score (nSPS) is 11.0. The number of carbonyl (C=O) groups is 1. The van der Waals surface area contributed by atoms with Gasteiger partial charge in [0.1, 0.15) is 0 Å². The number of fused-ring (bicyclic) bond motifs is 2. The van der Waals surface area contributed by atoms with E-state index < -0.39 is 0 Å². The van der Waals surface area contributed by atoms with Gasteiger partial charge in [0, 0.05) is 71.9 Å². The minimum atomic E-state index is -0.369. The number of amides is 2. The molecule has 2 aromatic heterocycles. The number of hydrogen-bond acceptors (Lipinski definition) is 4. The summed E-state index contributed by atoms with van der Waals surface area (Å²) >= 11 is 19.5. The minimum Gasteiger partial charge on any atom is -0.332 e. The number of nitrogens with zero attached hydrogens (tertiary/aromatic N) is 3. The molecule has 0 saturated carbocycles. The number of hydrazine groups is 1. The molecule has 5 rings (SSSR count). The second-order valence-corrected chi connectivity index (χ2v) is 10.4. The van der Waals surface area contributed by atoms with E-state index in [0.717, 1.165) is 41.7 Å². The molecule has 3 aromatic carbocycles. The first-order valence-corrected chi connectivity index (χ1v) is 13.1. The third-order valence-electron chi connectivity index (χ3n) is 5.63. The first-order chi connectivity index (χ1) is 17.4. The SMILES string of the molecule is O=C(NCc1ccc(Cl)cc1Cl)N(Nc1ccc(Br)c2cnccc12)c1ccc(Br)c2cnccc12. The van der Waals surface area contributed by atoms with E-state index in [4.69, 9.17) is 23.2 Å². The maximum Gasteiger partial charge on any atom is 0.341 e. The van der Waals surface area contributed by atoms with Crippen molar-refractivity contribution in [1.29, 1.82) is 0 Å². The fraction of sp³-hybridized carbons (Fsp3) is 0.0385. The molecule has 10 heteroatoms. The molecule has 0 bridgehead atoms. The van der Waals surface area contributed by atoms with Gasteiger partial charge in [-0.05, 0) is 54.1 Å². The number of anilines is 2. The van der Waals surface area contributed by atoms with Gasteiger partial charge in [0.15, 0.2) is 0 Å². The minimum absolute atomic E-state index is 0.216. The Labute approximate surface area is 233 Å². The van der Waals surface area contributed by atoms with Gasteiger partial charge in [0.2, 0.25) is 0 Å². The molecule has 180 valence electrons. The molecule has 6 nitrogen and oxygen atoms in total. The molecule has 0 saturated heterocycles. The van der Waals surface area contributed by atoms with Gasteiger partial charge in [-0.2, -0.15) is 0 Å². The first-order valence-electron chi connectivity index (χ1n) is 10.8. The van der Waals surface area contributed by atoms with Gasteiger partial charge in [0.05, 0.1) is 11.4 Å². The number of halogens is 4. The quantitative estimate of drug-likeness (QED) is 0.189. The summed E-state index contributed by atoms with van der Waals surface area (Å²) in [5.74, 6) is 0. The van der Waals surface area contributed by atoms with Crippen LogP contribution in [0.25, 0.3) is 21.5 Å². The average molecular weight is 646 g/mol. The Kier molecular flexibility index (Phi) is 7.29. The number of carbonyl (C=O) groups excluding carboxylic acids is 1. The van der Waals surface area contributed by atoms with E-state index in [-0.39, 0.29) is 12.6 Å². The van der Waals surface area contributed by atoms with Crippen LogP contribution in [0.1, 0.15) is 5.56 Å². The van der Waals surface area contributed by atoms with E-state index >= 15 is 0 Å². The third-order valence-corrected chi connectivity index (χ3v) is 7.60. The van der Waals surface area contributed by atoms with Crippen LogP contribution in [0.5, 0.6) is 0 Å². The summed E-state index contributed by atoms with van der Waals surface area (Å²) in [6.45, 7) is 0.216. The number of pyridine rings is 2. The van der Waals surface area contributed by atoms with Crippen molar-refractivity contribution in [2.24, 2.45) is 0 Å². The predicted molar refractivity (Wildman–Crippen MR) is 154 cm³/mol. The average Bonchev–Trinajstić information content (AvgIpc) is 2.89. The highest BCUT2D eigenvalue weighted by molar-refractivity contribution is 9.11. The van der Waals surface area contributed by atoms with Crippen LogP contribution in [-0.4, -0.2) is 16.0 Å². The van der Waals surface area contributed by atoms with Crippen molar-refractivity contribution in [1.82, 2.24) is 15.3 Å². The van der Waals surface area contributed by atoms with Crippen molar-refractivity contribution >= 4 is 94.0 Å². The van der Waals surface area contributed by atoms with Crippen LogP contribution in [0, 0.1) is 0 Å². The lowest BCUT2D eigenvalue weighted by Crippen LogP contribution is -2.43. The van der Waals surface area contributed by atoms with Crippen molar-refractivity contribution in [3.8, 4) is 0 Å². The molecule has 0 aliphatic heterocycles. The number of urea groups is 1. The molecule has 0 aliphatic carbocycles. The van der Waals surface area contributed by atoms with Crippen LogP contribution < -0.4 is 15.8 Å². The van der Waals surface area contributed by atoms with Crippen LogP contribution in [0.15, 0.2) is 88.3 Å². The van der Waals surface area contributed by atoms with Gasteiger partial charge in [-0.15, -0.1) is 0 Å². The maximum absolute atomic E-state index is 13.7. The number of hydrogen-bond donors (Lipinski definition) is 2. The second kappa shape index (κ2) is 10.6. The molecule has 0 spiro atoms. The van der Waals surface area contributed by atoms with Crippen LogP contribution >= 0.6 is 55.1 Å². The lowest BCUT2D eigenvalue weighted by atomic mass is 10.1. The largest absolute Gasteiger partial charge is 0.341 e. The van der Waals surface area contributed by atoms with Crippen LogP contribution in [0.3, 0.4) is 0 Å². The van der Waals surface area contributed by atoms with Gasteiger partial charge in [0.25, 0.3) is 0 Å². The molecule has 2 amide bonds. The zero-order chi connectivity index (χ0) is 25.2. The Hall–Kier alpha value is -2.91. The fourth-order valence-corrected chi connectivity index (χ4v) is 5.22. The molecule has 2 N–H and O–H groups in total. The molecule has 0 aliphatic rings. The van der Waals surface area contributed by atoms with Crippen LogP contribution in [0.2, 0.25) is 10.0 Å². The first kappa shape index (κ1) is 24.8. The van der Waals surface area contributed by atoms with Crippen molar-refractivity contribution in [2.75, 3.05) is 10.4 Å². The highest BCUT2D eigenvalue weighted by Crippen LogP contribution is 2.34. The molecule has 36 heavy (non-hydrogen) atoms. The van der Waals surface area contributed by atoms with Gasteiger partial charge in [-0.3, -0.25) is 15.4 Å². The maximum atomic E-state index is 13.7. The molecular formula is C26H17Br2Cl2N5O. The monoisotopic (exact) mass is 643 g/mol. The fourth-order valence-electron chi connectivity index (χ4n) is 3.84. The lowest BCUT2D eigenvalue weighted by Gasteiger charge is -2.27. The predicted octanol–water partition coefficient (Wildman–Crippen LogP) is 8.36. The highest BCUT2D eigenvalue weighted by Gasteiger charge is 2.21. The van der Waals surface area contributed by atoms with Gasteiger partial charge in [-0.25, -0.2) is 9.80 Å². The number of aromatic nitrogens is 2. The van der Waals surface area contributed by atoms with E-state index in [2.05, 4.69) is 52.6 Å². The topological polar surface area (TPSA) is 70.2 Å². The Morgan fingerprint density at radius 3 is 2.22 bits per heavy atom. The van der Waals surface area contributed by atoms with E-state index in [9.17, 15) is 4.79 Å². The molecule has 2 heterocycles. The molecule has 0 unspecified atom stereocenters. The van der Waals surface area contributed by atoms with Gasteiger partial charge in [-0.1, -0.05) is 61.1 Å². The van der Waals surface area contributed by atoms with Gasteiger partial charge >= 0.3 is 6.03 Å². The highest BCUT2D eigenvalue weighted by atomic mass is 79.9. The van der Waals surface area contributed by atoms with Crippen LogP contribution in [-0.2, 0) is 6.54 Å². The third kappa shape index (κ3) is 4.99. The lowest BCUT2D eigenvalue weighted by molar-refractivity contribution is 0.247. The summed E-state index contributed by atoms with van der Waals surface area (Å²) in [6.07, 6.45) is 6.95. The molecule has 0 atom stereocenters. The standard InChI is InChI=1S/C26H17Br2Cl2N5O/c27-21-3-5-24(17-7-9-31-13-19(17)21)34-35(25-6-4-22(28)20-14-32-10-8-18(20)25)26(36)33-12-15-1-2-16(29)11-23(15)30/h1-11,13-14,34H,12H2,(H,33,36). The summed E-state index contributed by atoms with van der Waals surface area (Å²) in [4.78, 5) is 22.1. The molecular weight excluding hydrogens is 629 g/mol. The summed E-state index contributed by atoms with van der Waals surface area (Å²) in [7, 11) is 0. The zero-order valence-electron chi connectivity index (χ0n) is 18.5. The van der Waals surface area contributed by atoms with E-state index in [1.54, 1.807) is 43.0 Å². The van der Waals surface area contributed by atoms with Crippen molar-refractivity contribution in [2.45, 2.75) is 6.54 Å².